The average molecular weight is 144 g/mol. The molecule has 0 aromatic heterocycles. The van der Waals surface area contributed by atoms with Crippen LogP contribution in [-0.4, -0.2) is 16.6 Å². The van der Waals surface area contributed by atoms with Crippen molar-refractivity contribution in [1.82, 2.24) is 21.5 Å². The molecule has 1 rings (SSSR count). The molecular formula is C5H12N4O. The van der Waals surface area contributed by atoms with Crippen LogP contribution in [0.5, 0.6) is 0 Å². The fourth-order valence-corrected chi connectivity index (χ4v) is 0.716. The standard InChI is InChI=1S/C5H12N4O/c1-5(2,3)9-4(10)6-7-8-9/h7-8H,1-3H3,(H,6,10). The summed E-state index contributed by atoms with van der Waals surface area (Å²) in [6, 6.07) is -0.160. The fourth-order valence-electron chi connectivity index (χ4n) is 0.716. The lowest BCUT2D eigenvalue weighted by atomic mass is 10.1. The molecule has 2 amide bonds. The van der Waals surface area contributed by atoms with Crippen LogP contribution >= 0.6 is 0 Å². The Morgan fingerprint density at radius 1 is 1.40 bits per heavy atom. The molecule has 0 atom stereocenters. The van der Waals surface area contributed by atoms with Gasteiger partial charge in [-0.25, -0.2) is 9.80 Å². The zero-order valence-corrected chi connectivity index (χ0v) is 6.36. The monoisotopic (exact) mass is 144 g/mol. The van der Waals surface area contributed by atoms with Crippen LogP contribution in [0.2, 0.25) is 0 Å². The SMILES string of the molecule is CC(C)(C)N1NNNC1=O. The molecule has 1 saturated heterocycles. The van der Waals surface area contributed by atoms with E-state index in [2.05, 4.69) is 16.5 Å². The molecule has 58 valence electrons. The van der Waals surface area contributed by atoms with E-state index in [9.17, 15) is 4.79 Å². The van der Waals surface area contributed by atoms with Gasteiger partial charge in [-0.2, -0.15) is 0 Å². The molecule has 1 heterocycles. The number of rotatable bonds is 0. The first-order valence-electron chi connectivity index (χ1n) is 3.12. The zero-order chi connectivity index (χ0) is 7.78. The van der Waals surface area contributed by atoms with Crippen molar-refractivity contribution >= 4 is 6.03 Å². The first-order valence-corrected chi connectivity index (χ1v) is 3.12. The molecule has 1 aliphatic rings. The molecule has 0 aliphatic carbocycles. The Hall–Kier alpha value is -0.810. The first-order chi connectivity index (χ1) is 4.52. The van der Waals surface area contributed by atoms with Gasteiger partial charge in [0.2, 0.25) is 0 Å². The highest BCUT2D eigenvalue weighted by Gasteiger charge is 2.29. The van der Waals surface area contributed by atoms with Crippen LogP contribution in [0.15, 0.2) is 0 Å². The van der Waals surface area contributed by atoms with Crippen molar-refractivity contribution in [1.29, 1.82) is 0 Å². The van der Waals surface area contributed by atoms with Crippen molar-refractivity contribution in [2.75, 3.05) is 0 Å². The Morgan fingerprint density at radius 3 is 2.20 bits per heavy atom. The van der Waals surface area contributed by atoms with Crippen molar-refractivity contribution in [3.63, 3.8) is 0 Å². The second kappa shape index (κ2) is 2.10. The summed E-state index contributed by atoms with van der Waals surface area (Å²) in [4.78, 5) is 10.9. The molecule has 1 aliphatic heterocycles. The van der Waals surface area contributed by atoms with E-state index in [0.29, 0.717) is 0 Å². The number of nitrogens with one attached hydrogen (secondary N) is 3. The van der Waals surface area contributed by atoms with Crippen LogP contribution in [0.3, 0.4) is 0 Å². The quantitative estimate of drug-likeness (QED) is 0.439. The summed E-state index contributed by atoms with van der Waals surface area (Å²) < 4.78 is 0. The molecule has 5 heteroatoms. The number of hydrogen-bond acceptors (Lipinski definition) is 3. The Balaban J connectivity index is 2.64. The molecule has 10 heavy (non-hydrogen) atoms. The van der Waals surface area contributed by atoms with Crippen LogP contribution in [-0.2, 0) is 0 Å². The van der Waals surface area contributed by atoms with E-state index < -0.39 is 0 Å². The van der Waals surface area contributed by atoms with Gasteiger partial charge in [-0.1, -0.05) is 0 Å². The van der Waals surface area contributed by atoms with Gasteiger partial charge in [-0.15, -0.1) is 11.1 Å². The van der Waals surface area contributed by atoms with Crippen LogP contribution < -0.4 is 16.5 Å². The van der Waals surface area contributed by atoms with Crippen molar-refractivity contribution in [2.45, 2.75) is 26.3 Å². The minimum atomic E-state index is -0.201. The number of hydrogen-bond donors (Lipinski definition) is 3. The maximum Gasteiger partial charge on any atom is 0.348 e. The van der Waals surface area contributed by atoms with Crippen LogP contribution in [0.25, 0.3) is 0 Å². The molecule has 0 aromatic rings. The van der Waals surface area contributed by atoms with Crippen LogP contribution in [0.1, 0.15) is 20.8 Å². The Labute approximate surface area is 59.7 Å². The smallest absolute Gasteiger partial charge is 0.257 e. The maximum absolute atomic E-state index is 10.9. The number of urea groups is 1. The highest BCUT2D eigenvalue weighted by atomic mass is 16.2. The molecule has 0 unspecified atom stereocenters. The van der Waals surface area contributed by atoms with Gasteiger partial charge < -0.3 is 0 Å². The van der Waals surface area contributed by atoms with Crippen molar-refractivity contribution in [3.8, 4) is 0 Å². The minimum Gasteiger partial charge on any atom is -0.257 e. The van der Waals surface area contributed by atoms with E-state index in [1.54, 1.807) is 0 Å². The van der Waals surface area contributed by atoms with E-state index in [1.165, 1.54) is 5.01 Å². The van der Waals surface area contributed by atoms with E-state index in [1.807, 2.05) is 20.8 Å². The predicted molar refractivity (Wildman–Crippen MR) is 36.4 cm³/mol. The molecule has 3 N–H and O–H groups in total. The summed E-state index contributed by atoms with van der Waals surface area (Å²) in [5, 5.41) is 1.48. The molecule has 0 bridgehead atoms. The Morgan fingerprint density at radius 2 is 2.00 bits per heavy atom. The number of nitrogens with zero attached hydrogens (tertiary/aromatic N) is 1. The molecule has 0 radical (unpaired) electrons. The second-order valence-corrected chi connectivity index (χ2v) is 3.17. The molecule has 0 aromatic carbocycles. The maximum atomic E-state index is 10.9. The highest BCUT2D eigenvalue weighted by molar-refractivity contribution is 5.75. The first kappa shape index (κ1) is 7.30. The summed E-state index contributed by atoms with van der Waals surface area (Å²) in [7, 11) is 0. The number of hydrazine groups is 3. The summed E-state index contributed by atoms with van der Waals surface area (Å²) in [5.74, 6) is 0. The highest BCUT2D eigenvalue weighted by Crippen LogP contribution is 2.10. The number of carbonyl (C=O) groups is 1. The fraction of sp³-hybridized carbons (Fsp3) is 0.800. The number of carbonyl (C=O) groups excluding carboxylic acids is 1. The Bertz CT molecular complexity index is 150. The molecule has 0 spiro atoms. The summed E-state index contributed by atoms with van der Waals surface area (Å²) >= 11 is 0. The molecule has 1 fully saturated rings. The molecular weight excluding hydrogens is 132 g/mol. The van der Waals surface area contributed by atoms with E-state index in [-0.39, 0.29) is 11.6 Å². The predicted octanol–water partition coefficient (Wildman–Crippen LogP) is -0.266. The van der Waals surface area contributed by atoms with Crippen molar-refractivity contribution in [3.05, 3.63) is 0 Å². The molecule has 0 saturated carbocycles. The number of amides is 2. The van der Waals surface area contributed by atoms with E-state index in [4.69, 9.17) is 0 Å². The van der Waals surface area contributed by atoms with Gasteiger partial charge in [0, 0.05) is 0 Å². The lowest BCUT2D eigenvalue weighted by Gasteiger charge is -2.28. The Kier molecular flexibility index (Phi) is 1.53. The van der Waals surface area contributed by atoms with Gasteiger partial charge in [0.05, 0.1) is 5.54 Å². The lowest BCUT2D eigenvalue weighted by molar-refractivity contribution is 0.125. The van der Waals surface area contributed by atoms with E-state index >= 15 is 0 Å². The van der Waals surface area contributed by atoms with Gasteiger partial charge >= 0.3 is 6.03 Å². The third-order valence-corrected chi connectivity index (χ3v) is 1.21. The topological polar surface area (TPSA) is 56.4 Å². The summed E-state index contributed by atoms with van der Waals surface area (Å²) in [5.41, 5.74) is 7.38. The molecule has 5 nitrogen and oxygen atoms in total. The summed E-state index contributed by atoms with van der Waals surface area (Å²) in [6.45, 7) is 5.81. The second-order valence-electron chi connectivity index (χ2n) is 3.17. The van der Waals surface area contributed by atoms with Crippen LogP contribution in [0.4, 0.5) is 4.79 Å². The summed E-state index contributed by atoms with van der Waals surface area (Å²) in [6.07, 6.45) is 0. The van der Waals surface area contributed by atoms with E-state index in [0.717, 1.165) is 0 Å². The average Bonchev–Trinajstić information content (AvgIpc) is 2.11. The minimum absolute atomic E-state index is 0.160. The third-order valence-electron chi connectivity index (χ3n) is 1.21. The van der Waals surface area contributed by atoms with Gasteiger partial charge in [0.15, 0.2) is 0 Å². The normalized spacial score (nSPS) is 19.5. The third kappa shape index (κ3) is 1.19. The van der Waals surface area contributed by atoms with Crippen LogP contribution in [0, 0.1) is 0 Å². The lowest BCUT2D eigenvalue weighted by Crippen LogP contribution is -2.49. The van der Waals surface area contributed by atoms with Gasteiger partial charge in [0.1, 0.15) is 0 Å². The van der Waals surface area contributed by atoms with Gasteiger partial charge in [0.25, 0.3) is 0 Å². The van der Waals surface area contributed by atoms with Gasteiger partial charge in [-0.3, -0.25) is 5.43 Å². The van der Waals surface area contributed by atoms with Gasteiger partial charge in [-0.05, 0) is 20.8 Å². The van der Waals surface area contributed by atoms with Crippen molar-refractivity contribution < 1.29 is 4.79 Å². The zero-order valence-electron chi connectivity index (χ0n) is 6.36. The largest absolute Gasteiger partial charge is 0.348 e. The van der Waals surface area contributed by atoms with Crippen molar-refractivity contribution in [2.24, 2.45) is 0 Å².